The summed E-state index contributed by atoms with van der Waals surface area (Å²) < 4.78 is 5.49. The van der Waals surface area contributed by atoms with Crippen molar-refractivity contribution in [2.75, 3.05) is 0 Å². The predicted octanol–water partition coefficient (Wildman–Crippen LogP) is 2.58. The number of carbonyl (C=O) groups is 1. The smallest absolute Gasteiger partial charge is 0.354 e. The molecule has 0 aliphatic rings. The maximum Gasteiger partial charge on any atom is 0.354 e. The van der Waals surface area contributed by atoms with E-state index in [4.69, 9.17) is 9.84 Å². The van der Waals surface area contributed by atoms with Crippen molar-refractivity contribution in [3.05, 3.63) is 63.5 Å². The minimum absolute atomic E-state index is 0.0309. The zero-order chi connectivity index (χ0) is 15.4. The molecule has 0 bridgehead atoms. The maximum absolute atomic E-state index is 10.8. The van der Waals surface area contributed by atoms with Gasteiger partial charge >= 0.3 is 5.97 Å². The van der Waals surface area contributed by atoms with Gasteiger partial charge in [-0.25, -0.2) is 9.78 Å². The van der Waals surface area contributed by atoms with E-state index in [1.807, 2.05) is 0 Å². The van der Waals surface area contributed by atoms with Crippen molar-refractivity contribution in [3.63, 3.8) is 0 Å². The van der Waals surface area contributed by atoms with Gasteiger partial charge in [-0.05, 0) is 30.7 Å². The van der Waals surface area contributed by atoms with Gasteiger partial charge in [0.2, 0.25) is 0 Å². The SMILES string of the molecule is Cc1ccc([N+](=O)[O-])cc1OCc1cccc(C(=O)O)n1. The van der Waals surface area contributed by atoms with Gasteiger partial charge in [0.25, 0.3) is 5.69 Å². The lowest BCUT2D eigenvalue weighted by Crippen LogP contribution is -2.05. The summed E-state index contributed by atoms with van der Waals surface area (Å²) in [5.41, 5.74) is 1.03. The third-order valence-electron chi connectivity index (χ3n) is 2.78. The molecule has 0 saturated heterocycles. The summed E-state index contributed by atoms with van der Waals surface area (Å²) in [5, 5.41) is 19.6. The number of hydrogen-bond donors (Lipinski definition) is 1. The molecule has 0 spiro atoms. The lowest BCUT2D eigenvalue weighted by atomic mass is 10.2. The Morgan fingerprint density at radius 3 is 2.81 bits per heavy atom. The molecule has 0 atom stereocenters. The lowest BCUT2D eigenvalue weighted by Gasteiger charge is -2.08. The van der Waals surface area contributed by atoms with E-state index < -0.39 is 10.9 Å². The monoisotopic (exact) mass is 288 g/mol. The van der Waals surface area contributed by atoms with Crippen LogP contribution in [0.25, 0.3) is 0 Å². The zero-order valence-electron chi connectivity index (χ0n) is 11.1. The number of carboxylic acids is 1. The third kappa shape index (κ3) is 3.53. The summed E-state index contributed by atoms with van der Waals surface area (Å²) >= 11 is 0. The molecule has 1 aromatic heterocycles. The van der Waals surface area contributed by atoms with E-state index >= 15 is 0 Å². The standard InChI is InChI=1S/C14H12N2O5/c1-9-5-6-11(16(19)20)7-13(9)21-8-10-3-2-4-12(15-10)14(17)18/h2-7H,8H2,1H3,(H,17,18). The number of nitro groups is 1. The molecule has 108 valence electrons. The van der Waals surface area contributed by atoms with Crippen molar-refractivity contribution in [2.24, 2.45) is 0 Å². The van der Waals surface area contributed by atoms with Crippen LogP contribution in [0.5, 0.6) is 5.75 Å². The molecule has 2 aromatic rings. The van der Waals surface area contributed by atoms with E-state index in [0.29, 0.717) is 11.4 Å². The van der Waals surface area contributed by atoms with Crippen LogP contribution >= 0.6 is 0 Å². The van der Waals surface area contributed by atoms with Crippen molar-refractivity contribution < 1.29 is 19.6 Å². The maximum atomic E-state index is 10.8. The molecule has 0 aliphatic carbocycles. The van der Waals surface area contributed by atoms with Crippen LogP contribution in [0, 0.1) is 17.0 Å². The van der Waals surface area contributed by atoms with Crippen LogP contribution in [-0.2, 0) is 6.61 Å². The van der Waals surface area contributed by atoms with Crippen LogP contribution in [0.15, 0.2) is 36.4 Å². The van der Waals surface area contributed by atoms with Gasteiger partial charge in [-0.3, -0.25) is 10.1 Å². The molecule has 1 aromatic carbocycles. The van der Waals surface area contributed by atoms with Crippen LogP contribution in [0.4, 0.5) is 5.69 Å². The van der Waals surface area contributed by atoms with Crippen molar-refractivity contribution >= 4 is 11.7 Å². The summed E-state index contributed by atoms with van der Waals surface area (Å²) in [6.07, 6.45) is 0. The van der Waals surface area contributed by atoms with Crippen molar-refractivity contribution in [1.29, 1.82) is 0 Å². The highest BCUT2D eigenvalue weighted by atomic mass is 16.6. The van der Waals surface area contributed by atoms with Crippen LogP contribution in [-0.4, -0.2) is 21.0 Å². The summed E-state index contributed by atoms with van der Waals surface area (Å²) in [6.45, 7) is 1.79. The number of benzene rings is 1. The Labute approximate surface area is 120 Å². The normalized spacial score (nSPS) is 10.1. The van der Waals surface area contributed by atoms with Gasteiger partial charge < -0.3 is 9.84 Å². The molecule has 7 heteroatoms. The molecule has 0 aliphatic heterocycles. The largest absolute Gasteiger partial charge is 0.487 e. The average Bonchev–Trinajstić information content (AvgIpc) is 2.46. The Hall–Kier alpha value is -2.96. The summed E-state index contributed by atoms with van der Waals surface area (Å²) in [6, 6.07) is 8.88. The Bertz CT molecular complexity index is 700. The minimum atomic E-state index is -1.12. The van der Waals surface area contributed by atoms with Gasteiger partial charge in [-0.2, -0.15) is 0 Å². The third-order valence-corrected chi connectivity index (χ3v) is 2.78. The molecule has 1 N–H and O–H groups in total. The summed E-state index contributed by atoms with van der Waals surface area (Å²) in [7, 11) is 0. The highest BCUT2D eigenvalue weighted by Gasteiger charge is 2.10. The van der Waals surface area contributed by atoms with Crippen molar-refractivity contribution in [2.45, 2.75) is 13.5 Å². The van der Waals surface area contributed by atoms with Gasteiger partial charge in [-0.15, -0.1) is 0 Å². The van der Waals surface area contributed by atoms with E-state index in [1.165, 1.54) is 18.2 Å². The first-order chi connectivity index (χ1) is 9.97. The first kappa shape index (κ1) is 14.4. The molecule has 7 nitrogen and oxygen atoms in total. The second-order valence-corrected chi connectivity index (χ2v) is 4.31. The Balaban J connectivity index is 2.16. The highest BCUT2D eigenvalue weighted by molar-refractivity contribution is 5.85. The fourth-order valence-corrected chi connectivity index (χ4v) is 1.69. The number of aryl methyl sites for hydroxylation is 1. The van der Waals surface area contributed by atoms with Crippen LogP contribution in [0.3, 0.4) is 0 Å². The Morgan fingerprint density at radius 1 is 1.38 bits per heavy atom. The van der Waals surface area contributed by atoms with Gasteiger partial charge in [0, 0.05) is 6.07 Å². The number of pyridine rings is 1. The fraction of sp³-hybridized carbons (Fsp3) is 0.143. The van der Waals surface area contributed by atoms with Gasteiger partial charge in [-0.1, -0.05) is 6.07 Å². The number of nitrogens with zero attached hydrogens (tertiary/aromatic N) is 2. The first-order valence-corrected chi connectivity index (χ1v) is 6.04. The van der Waals surface area contributed by atoms with E-state index in [1.54, 1.807) is 25.1 Å². The number of non-ortho nitro benzene ring substituents is 1. The Kier molecular flexibility index (Phi) is 4.13. The second-order valence-electron chi connectivity index (χ2n) is 4.31. The van der Waals surface area contributed by atoms with E-state index in [2.05, 4.69) is 4.98 Å². The number of ether oxygens (including phenoxy) is 1. The van der Waals surface area contributed by atoms with Gasteiger partial charge in [0.15, 0.2) is 0 Å². The topological polar surface area (TPSA) is 103 Å². The van der Waals surface area contributed by atoms with Crippen molar-refractivity contribution in [3.8, 4) is 5.75 Å². The molecule has 0 fully saturated rings. The molecule has 0 saturated carbocycles. The van der Waals surface area contributed by atoms with Gasteiger partial charge in [0.05, 0.1) is 16.7 Å². The lowest BCUT2D eigenvalue weighted by molar-refractivity contribution is -0.385. The molecule has 0 unspecified atom stereocenters. The van der Waals surface area contributed by atoms with E-state index in [9.17, 15) is 14.9 Å². The summed E-state index contributed by atoms with van der Waals surface area (Å²) in [5.74, 6) is -0.755. The molecule has 1 heterocycles. The van der Waals surface area contributed by atoms with Crippen molar-refractivity contribution in [1.82, 2.24) is 4.98 Å². The molecule has 21 heavy (non-hydrogen) atoms. The number of aromatic nitrogens is 1. The first-order valence-electron chi connectivity index (χ1n) is 6.04. The fourth-order valence-electron chi connectivity index (χ4n) is 1.69. The second kappa shape index (κ2) is 6.00. The Morgan fingerprint density at radius 2 is 2.14 bits per heavy atom. The van der Waals surface area contributed by atoms with Crippen LogP contribution < -0.4 is 4.74 Å². The highest BCUT2D eigenvalue weighted by Crippen LogP contribution is 2.24. The number of carboxylic acid groups (broad SMARTS) is 1. The minimum Gasteiger partial charge on any atom is -0.487 e. The van der Waals surface area contributed by atoms with Gasteiger partial charge in [0.1, 0.15) is 18.1 Å². The van der Waals surface area contributed by atoms with E-state index in [0.717, 1.165) is 5.56 Å². The number of nitro benzene ring substituents is 1. The van der Waals surface area contributed by atoms with Crippen LogP contribution in [0.1, 0.15) is 21.7 Å². The molecule has 0 amide bonds. The molecular formula is C14H12N2O5. The molecule has 0 radical (unpaired) electrons. The number of rotatable bonds is 5. The summed E-state index contributed by atoms with van der Waals surface area (Å²) in [4.78, 5) is 25.0. The quantitative estimate of drug-likeness (QED) is 0.670. The molecular weight excluding hydrogens is 276 g/mol. The average molecular weight is 288 g/mol. The predicted molar refractivity (Wildman–Crippen MR) is 73.4 cm³/mol. The van der Waals surface area contributed by atoms with Crippen LogP contribution in [0.2, 0.25) is 0 Å². The molecule has 2 rings (SSSR count). The number of hydrogen-bond acceptors (Lipinski definition) is 5. The van der Waals surface area contributed by atoms with E-state index in [-0.39, 0.29) is 18.0 Å². The number of aromatic carboxylic acids is 1. The zero-order valence-corrected chi connectivity index (χ0v) is 11.1.